The summed E-state index contributed by atoms with van der Waals surface area (Å²) in [4.78, 5) is 0. The first-order valence-corrected chi connectivity index (χ1v) is 18.6. The van der Waals surface area contributed by atoms with Crippen LogP contribution in [0, 0.1) is 0 Å². The number of hydrogen-bond acceptors (Lipinski definition) is 2. The normalized spacial score (nSPS) is 15.3. The summed E-state index contributed by atoms with van der Waals surface area (Å²) in [7, 11) is -3.96. The van der Waals surface area contributed by atoms with Gasteiger partial charge in [-0.25, -0.2) is 0 Å². The van der Waals surface area contributed by atoms with E-state index in [2.05, 4.69) is 17.0 Å². The fourth-order valence-electron chi connectivity index (χ4n) is 3.93. The second-order valence-electron chi connectivity index (χ2n) is 8.50. The van der Waals surface area contributed by atoms with E-state index in [4.69, 9.17) is 0 Å². The van der Waals surface area contributed by atoms with E-state index in [1.807, 2.05) is 0 Å². The molecule has 0 amide bonds. The maximum absolute atomic E-state index is 11.7. The van der Waals surface area contributed by atoms with Crippen LogP contribution >= 0.6 is 41.5 Å². The molecule has 0 aromatic carbocycles. The summed E-state index contributed by atoms with van der Waals surface area (Å²) in [6.45, 7) is 2.28. The smallest absolute Gasteiger partial charge is 0.272 e. The summed E-state index contributed by atoms with van der Waals surface area (Å²) in [6.07, 6.45) is 23.1. The Morgan fingerprint density at radius 1 is 0.733 bits per heavy atom. The highest BCUT2D eigenvalue weighted by atomic mass is 127. The predicted molar refractivity (Wildman–Crippen MR) is 152 cm³/mol. The van der Waals surface area contributed by atoms with Gasteiger partial charge in [-0.15, -0.1) is 0 Å². The molecule has 1 N–H and O–H groups in total. The Hall–Kier alpha value is 0.850. The van der Waals surface area contributed by atoms with E-state index in [0.29, 0.717) is 6.42 Å². The second-order valence-corrected chi connectivity index (χ2v) is 16.4. The molecule has 1 unspecified atom stereocenters. The maximum Gasteiger partial charge on any atom is 0.272 e. The molecule has 1 atom stereocenters. The molecule has 0 aromatic heterocycles. The number of rotatable bonds is 20. The molecule has 178 valence electrons. The Morgan fingerprint density at radius 3 is 1.53 bits per heavy atom. The van der Waals surface area contributed by atoms with Crippen LogP contribution in [0.3, 0.4) is 0 Å². The zero-order valence-corrected chi connectivity index (χ0v) is 24.1. The highest BCUT2D eigenvalue weighted by Gasteiger charge is 2.25. The van der Waals surface area contributed by atoms with Crippen molar-refractivity contribution >= 4 is 57.6 Å². The van der Waals surface area contributed by atoms with Crippen molar-refractivity contribution in [1.82, 2.24) is 0 Å². The van der Waals surface area contributed by atoms with Crippen molar-refractivity contribution in [1.29, 1.82) is 0 Å². The van der Waals surface area contributed by atoms with Crippen molar-refractivity contribution in [3.8, 4) is 0 Å². The molecular formula is C24H44I2O3S. The van der Waals surface area contributed by atoms with Crippen LogP contribution in [0.4, 0.5) is 0 Å². The molecule has 1 heterocycles. The van der Waals surface area contributed by atoms with Gasteiger partial charge in [0.25, 0.3) is 10.1 Å². The summed E-state index contributed by atoms with van der Waals surface area (Å²) in [6, 6.07) is 0. The molecular weight excluding hydrogens is 622 g/mol. The van der Waals surface area contributed by atoms with Gasteiger partial charge in [0.2, 0.25) is 0 Å². The van der Waals surface area contributed by atoms with Gasteiger partial charge in [-0.05, 0) is 20.1 Å². The maximum atomic E-state index is 11.7. The molecule has 0 aromatic rings. The average molecular weight is 666 g/mol. The largest absolute Gasteiger partial charge is 0.285 e. The van der Waals surface area contributed by atoms with E-state index in [1.165, 1.54) is 96.3 Å². The van der Waals surface area contributed by atoms with Gasteiger partial charge in [0.1, 0.15) is 5.25 Å². The average Bonchev–Trinajstić information content (AvgIpc) is 2.72. The van der Waals surface area contributed by atoms with Crippen molar-refractivity contribution < 1.29 is 13.0 Å². The minimum absolute atomic E-state index is 0.0943. The van der Waals surface area contributed by atoms with Crippen molar-refractivity contribution in [3.63, 3.8) is 0 Å². The predicted octanol–water partition coefficient (Wildman–Crippen LogP) is 8.69. The third kappa shape index (κ3) is 15.6. The van der Waals surface area contributed by atoms with Crippen LogP contribution in [0.1, 0.15) is 122 Å². The molecule has 0 saturated heterocycles. The Balaban J connectivity index is 1.92. The van der Waals surface area contributed by atoms with Gasteiger partial charge < -0.3 is 0 Å². The molecule has 1 aliphatic heterocycles. The minimum atomic E-state index is -3.96. The van der Waals surface area contributed by atoms with E-state index >= 15 is 0 Å². The topological polar surface area (TPSA) is 54.4 Å². The van der Waals surface area contributed by atoms with E-state index in [1.54, 1.807) is 0 Å². The monoisotopic (exact) mass is 666 g/mol. The van der Waals surface area contributed by atoms with Crippen molar-refractivity contribution in [3.05, 3.63) is 9.66 Å². The second kappa shape index (κ2) is 19.3. The molecule has 0 spiro atoms. The highest BCUT2D eigenvalue weighted by molar-refractivity contribution is 14.3. The van der Waals surface area contributed by atoms with E-state index in [0.717, 1.165) is 18.4 Å². The summed E-state index contributed by atoms with van der Waals surface area (Å²) >= 11 is -0.189. The molecule has 0 aliphatic carbocycles. The van der Waals surface area contributed by atoms with Gasteiger partial charge >= 0.3 is 0 Å². The third-order valence-corrected chi connectivity index (χ3v) is 13.3. The quantitative estimate of drug-likeness (QED) is 0.0804. The van der Waals surface area contributed by atoms with Crippen LogP contribution < -0.4 is 0 Å². The van der Waals surface area contributed by atoms with Crippen LogP contribution in [0.25, 0.3) is 0 Å². The first-order chi connectivity index (χ1) is 14.6. The van der Waals surface area contributed by atoms with Crippen LogP contribution in [-0.2, 0) is 10.1 Å². The van der Waals surface area contributed by atoms with Gasteiger partial charge in [0, 0.05) is 2.02 Å². The molecule has 1 rings (SSSR count). The number of unbranched alkanes of at least 4 members (excludes halogenated alkanes) is 16. The van der Waals surface area contributed by atoms with Crippen molar-refractivity contribution in [2.75, 3.05) is 0 Å². The summed E-state index contributed by atoms with van der Waals surface area (Å²) < 4.78 is 39.6. The lowest BCUT2D eigenvalue weighted by molar-refractivity contribution is 0.466. The minimum Gasteiger partial charge on any atom is -0.285 e. The highest BCUT2D eigenvalue weighted by Crippen LogP contribution is 2.25. The van der Waals surface area contributed by atoms with Crippen molar-refractivity contribution in [2.45, 2.75) is 128 Å². The van der Waals surface area contributed by atoms with Crippen LogP contribution in [0.15, 0.2) is 9.66 Å². The zero-order chi connectivity index (χ0) is 21.9. The summed E-state index contributed by atoms with van der Waals surface area (Å²) in [5.41, 5.74) is 0.900. The number of halogens is 2. The molecule has 0 bridgehead atoms. The van der Waals surface area contributed by atoms with E-state index in [-0.39, 0.29) is 41.5 Å². The zero-order valence-electron chi connectivity index (χ0n) is 19.0. The molecule has 0 saturated carbocycles. The van der Waals surface area contributed by atoms with Gasteiger partial charge in [0.15, 0.2) is 0 Å². The first-order valence-electron chi connectivity index (χ1n) is 12.1. The molecule has 0 fully saturated rings. The Labute approximate surface area is 206 Å². The SMILES string of the molecule is CCCCCCCCCCCCCCCCCCCC(C1=CI=CI=C1)S(=O)(=O)O. The molecule has 6 heteroatoms. The number of hydrogen-bond donors (Lipinski definition) is 1. The fourth-order valence-corrected chi connectivity index (χ4v) is 11.4. The summed E-state index contributed by atoms with van der Waals surface area (Å²) in [5, 5.41) is -0.665. The lowest BCUT2D eigenvalue weighted by Gasteiger charge is -2.15. The molecule has 0 radical (unpaired) electrons. The van der Waals surface area contributed by atoms with Crippen LogP contribution in [-0.4, -0.2) is 24.3 Å². The lowest BCUT2D eigenvalue weighted by atomic mass is 10.0. The van der Waals surface area contributed by atoms with Gasteiger partial charge in [-0.3, -0.25) is 4.55 Å². The Bertz CT molecular complexity index is 612. The standard InChI is InChI=1S/C24H44I2O3S/c1-2-3-4-5-6-7-8-9-10-11-12-13-14-15-16-17-18-19-24(30(27,28)29)23-20-25-22-26-21-23/h20-22,24H,2-19H2,1H3,(H,27,28,29). The molecule has 30 heavy (non-hydrogen) atoms. The first kappa shape index (κ1) is 28.9. The van der Waals surface area contributed by atoms with Crippen LogP contribution in [0.2, 0.25) is 0 Å². The van der Waals surface area contributed by atoms with E-state index < -0.39 is 15.4 Å². The fraction of sp³-hybridized carbons (Fsp3) is 0.833. The van der Waals surface area contributed by atoms with Crippen LogP contribution in [0.5, 0.6) is 0 Å². The molecule has 1 aliphatic rings. The molecule has 3 nitrogen and oxygen atoms in total. The van der Waals surface area contributed by atoms with Crippen molar-refractivity contribution in [2.24, 2.45) is 0 Å². The van der Waals surface area contributed by atoms with Gasteiger partial charge in [-0.2, -0.15) is 8.42 Å². The summed E-state index contributed by atoms with van der Waals surface area (Å²) in [5.74, 6) is 0. The Kier molecular flexibility index (Phi) is 18.6. The Morgan fingerprint density at radius 2 is 1.17 bits per heavy atom. The van der Waals surface area contributed by atoms with E-state index in [9.17, 15) is 13.0 Å². The third-order valence-electron chi connectivity index (χ3n) is 5.77. The lowest BCUT2D eigenvalue weighted by Crippen LogP contribution is -2.23. The van der Waals surface area contributed by atoms with Gasteiger partial charge in [-0.1, -0.05) is 158 Å². The van der Waals surface area contributed by atoms with Gasteiger partial charge in [0.05, 0.1) is 0 Å².